The molecule has 2 aromatic rings. The first-order chi connectivity index (χ1) is 7.79. The molecule has 0 bridgehead atoms. The number of hydrogen-bond donors (Lipinski definition) is 2. The van der Waals surface area contributed by atoms with Crippen molar-refractivity contribution in [3.05, 3.63) is 18.3 Å². The lowest BCUT2D eigenvalue weighted by Gasteiger charge is -2.07. The number of imidazole rings is 1. The predicted molar refractivity (Wildman–Crippen MR) is 58.5 cm³/mol. The fraction of sp³-hybridized carbons (Fsp3) is 0.500. The highest BCUT2D eigenvalue weighted by Crippen LogP contribution is 2.09. The lowest BCUT2D eigenvalue weighted by Crippen LogP contribution is -2.24. The Morgan fingerprint density at radius 3 is 3.12 bits per heavy atom. The molecule has 0 saturated heterocycles. The van der Waals surface area contributed by atoms with Crippen molar-refractivity contribution in [2.24, 2.45) is 0 Å². The second-order valence-electron chi connectivity index (χ2n) is 3.64. The Kier molecular flexibility index (Phi) is 3.31. The van der Waals surface area contributed by atoms with Crippen LogP contribution in [0.3, 0.4) is 0 Å². The Morgan fingerprint density at radius 1 is 1.56 bits per heavy atom. The molecule has 2 rings (SSSR count). The van der Waals surface area contributed by atoms with E-state index < -0.39 is 0 Å². The van der Waals surface area contributed by atoms with Crippen LogP contribution in [-0.2, 0) is 6.54 Å². The normalized spacial score (nSPS) is 12.9. The number of H-pyrrole nitrogens is 1. The van der Waals surface area contributed by atoms with Crippen LogP contribution in [-0.4, -0.2) is 26.2 Å². The van der Waals surface area contributed by atoms with Gasteiger partial charge >= 0.3 is 0 Å². The van der Waals surface area contributed by atoms with Crippen molar-refractivity contribution in [2.75, 3.05) is 0 Å². The lowest BCUT2D eigenvalue weighted by atomic mass is 10.3. The molecule has 0 aliphatic heterocycles. The zero-order valence-electron chi connectivity index (χ0n) is 9.40. The van der Waals surface area contributed by atoms with Crippen LogP contribution >= 0.6 is 0 Å². The van der Waals surface area contributed by atoms with Crippen molar-refractivity contribution < 1.29 is 4.52 Å². The van der Waals surface area contributed by atoms with Crippen molar-refractivity contribution in [2.45, 2.75) is 32.9 Å². The van der Waals surface area contributed by atoms with Gasteiger partial charge in [0.2, 0.25) is 11.7 Å². The molecule has 86 valence electrons. The van der Waals surface area contributed by atoms with Crippen LogP contribution in [0.25, 0.3) is 11.6 Å². The zero-order chi connectivity index (χ0) is 11.4. The molecule has 16 heavy (non-hydrogen) atoms. The van der Waals surface area contributed by atoms with E-state index >= 15 is 0 Å². The van der Waals surface area contributed by atoms with Crippen LogP contribution in [0.2, 0.25) is 0 Å². The van der Waals surface area contributed by atoms with Crippen LogP contribution in [0.1, 0.15) is 26.2 Å². The van der Waals surface area contributed by atoms with Crippen molar-refractivity contribution in [3.63, 3.8) is 0 Å². The average Bonchev–Trinajstić information content (AvgIpc) is 2.95. The zero-order valence-corrected chi connectivity index (χ0v) is 9.40. The highest BCUT2D eigenvalue weighted by Gasteiger charge is 2.10. The lowest BCUT2D eigenvalue weighted by molar-refractivity contribution is 0.358. The first-order valence-electron chi connectivity index (χ1n) is 5.35. The van der Waals surface area contributed by atoms with Crippen LogP contribution in [0, 0.1) is 0 Å². The summed E-state index contributed by atoms with van der Waals surface area (Å²) in [6.07, 6.45) is 4.45. The van der Waals surface area contributed by atoms with Crippen LogP contribution in [0.5, 0.6) is 0 Å². The van der Waals surface area contributed by atoms with E-state index in [2.05, 4.69) is 39.3 Å². The van der Waals surface area contributed by atoms with Crippen LogP contribution < -0.4 is 5.32 Å². The van der Waals surface area contributed by atoms with Gasteiger partial charge in [-0.15, -0.1) is 0 Å². The minimum absolute atomic E-state index is 0.443. The van der Waals surface area contributed by atoms with E-state index in [4.69, 9.17) is 4.52 Å². The summed E-state index contributed by atoms with van der Waals surface area (Å²) in [7, 11) is 0. The van der Waals surface area contributed by atoms with Gasteiger partial charge in [-0.3, -0.25) is 0 Å². The van der Waals surface area contributed by atoms with Gasteiger partial charge in [0.1, 0.15) is 0 Å². The molecule has 6 heteroatoms. The first-order valence-corrected chi connectivity index (χ1v) is 5.35. The van der Waals surface area contributed by atoms with Crippen molar-refractivity contribution in [3.8, 4) is 11.6 Å². The summed E-state index contributed by atoms with van der Waals surface area (Å²) >= 11 is 0. The number of rotatable bonds is 5. The summed E-state index contributed by atoms with van der Waals surface area (Å²) in [5.74, 6) is 1.69. The summed E-state index contributed by atoms with van der Waals surface area (Å²) in [5.41, 5.74) is 0. The molecule has 0 saturated carbocycles. The SMILES string of the molecule is CCC(C)NCc1nc(-c2ncc[nH]2)no1. The predicted octanol–water partition coefficient (Wildman–Crippen LogP) is 1.35. The van der Waals surface area contributed by atoms with E-state index in [0.29, 0.717) is 30.1 Å². The second-order valence-corrected chi connectivity index (χ2v) is 3.64. The molecule has 2 heterocycles. The monoisotopic (exact) mass is 221 g/mol. The molecule has 6 nitrogen and oxygen atoms in total. The molecular formula is C10H15N5O. The summed E-state index contributed by atoms with van der Waals surface area (Å²) in [5, 5.41) is 7.12. The summed E-state index contributed by atoms with van der Waals surface area (Å²) in [4.78, 5) is 11.2. The summed E-state index contributed by atoms with van der Waals surface area (Å²) in [6, 6.07) is 0.443. The van der Waals surface area contributed by atoms with Crippen LogP contribution in [0.15, 0.2) is 16.9 Å². The van der Waals surface area contributed by atoms with Crippen molar-refractivity contribution in [1.82, 2.24) is 25.4 Å². The maximum atomic E-state index is 5.10. The molecule has 0 aliphatic rings. The first kappa shape index (κ1) is 10.8. The van der Waals surface area contributed by atoms with Gasteiger partial charge < -0.3 is 14.8 Å². The van der Waals surface area contributed by atoms with E-state index in [9.17, 15) is 0 Å². The molecule has 0 aliphatic carbocycles. The van der Waals surface area contributed by atoms with Gasteiger partial charge in [0.05, 0.1) is 6.54 Å². The van der Waals surface area contributed by atoms with Gasteiger partial charge in [-0.2, -0.15) is 4.98 Å². The van der Waals surface area contributed by atoms with E-state index in [-0.39, 0.29) is 0 Å². The third-order valence-corrected chi connectivity index (χ3v) is 2.39. The smallest absolute Gasteiger partial charge is 0.241 e. The Labute approximate surface area is 93.5 Å². The third kappa shape index (κ3) is 2.46. The molecule has 0 radical (unpaired) electrons. The number of hydrogen-bond acceptors (Lipinski definition) is 5. The second kappa shape index (κ2) is 4.89. The maximum absolute atomic E-state index is 5.10. The molecule has 0 spiro atoms. The number of nitrogens with one attached hydrogen (secondary N) is 2. The molecule has 0 aromatic carbocycles. The highest BCUT2D eigenvalue weighted by molar-refractivity contribution is 5.40. The van der Waals surface area contributed by atoms with Gasteiger partial charge in [-0.05, 0) is 13.3 Å². The minimum atomic E-state index is 0.443. The Morgan fingerprint density at radius 2 is 2.44 bits per heavy atom. The topological polar surface area (TPSA) is 79.6 Å². The van der Waals surface area contributed by atoms with Gasteiger partial charge in [0.15, 0.2) is 5.82 Å². The van der Waals surface area contributed by atoms with Gasteiger partial charge in [-0.1, -0.05) is 12.1 Å². The number of aromatic nitrogens is 4. The Bertz CT molecular complexity index is 422. The maximum Gasteiger partial charge on any atom is 0.241 e. The fourth-order valence-electron chi connectivity index (χ4n) is 1.22. The molecule has 2 aromatic heterocycles. The van der Waals surface area contributed by atoms with E-state index in [1.54, 1.807) is 12.4 Å². The summed E-state index contributed by atoms with van der Waals surface area (Å²) in [6.45, 7) is 4.83. The standard InChI is InChI=1S/C10H15N5O/c1-3-7(2)13-6-8-14-10(15-16-8)9-11-4-5-12-9/h4-5,7,13H,3,6H2,1-2H3,(H,11,12). The highest BCUT2D eigenvalue weighted by atomic mass is 16.5. The largest absolute Gasteiger partial charge is 0.342 e. The van der Waals surface area contributed by atoms with E-state index in [1.807, 2.05) is 0 Å². The fourth-order valence-corrected chi connectivity index (χ4v) is 1.22. The molecular weight excluding hydrogens is 206 g/mol. The Balaban J connectivity index is 1.98. The van der Waals surface area contributed by atoms with E-state index in [0.717, 1.165) is 6.42 Å². The quantitative estimate of drug-likeness (QED) is 0.796. The summed E-state index contributed by atoms with van der Waals surface area (Å²) < 4.78 is 5.10. The average molecular weight is 221 g/mol. The van der Waals surface area contributed by atoms with Gasteiger partial charge in [-0.25, -0.2) is 4.98 Å². The molecule has 1 unspecified atom stereocenters. The number of nitrogens with zero attached hydrogens (tertiary/aromatic N) is 3. The molecule has 1 atom stereocenters. The van der Waals surface area contributed by atoms with Crippen molar-refractivity contribution >= 4 is 0 Å². The van der Waals surface area contributed by atoms with Gasteiger partial charge in [0.25, 0.3) is 0 Å². The number of aromatic amines is 1. The van der Waals surface area contributed by atoms with Gasteiger partial charge in [0, 0.05) is 18.4 Å². The molecule has 0 fully saturated rings. The van der Waals surface area contributed by atoms with Crippen LogP contribution in [0.4, 0.5) is 0 Å². The molecule has 2 N–H and O–H groups in total. The van der Waals surface area contributed by atoms with Crippen molar-refractivity contribution in [1.29, 1.82) is 0 Å². The van der Waals surface area contributed by atoms with E-state index in [1.165, 1.54) is 0 Å². The minimum Gasteiger partial charge on any atom is -0.342 e. The third-order valence-electron chi connectivity index (χ3n) is 2.39. The molecule has 0 amide bonds. The Hall–Kier alpha value is -1.69.